The zero-order valence-electron chi connectivity index (χ0n) is 23.2. The zero-order valence-corrected chi connectivity index (χ0v) is 26.3. The third kappa shape index (κ3) is 9.36. The molecule has 1 N–H and O–H groups in total. The van der Waals surface area contributed by atoms with Crippen molar-refractivity contribution in [2.24, 2.45) is 0 Å². The number of carbonyl (C=O) groups is 2. The standard InChI is InChI=1S/C30H34Cl3N3O4S/c1-4-5-15-34-30(38)28(17-22-9-7-6-8-10-22)35(19-23-12-14-25(32)26(33)16-23)29(37)20-36(41(3,39)40)27-18-24(31)13-11-21(27)2/h6-14,16,18,28H,4-5,15,17,19-20H2,1-3H3,(H,34,38). The van der Waals surface area contributed by atoms with Crippen molar-refractivity contribution in [3.05, 3.63) is 98.5 Å². The molecule has 0 aliphatic heterocycles. The van der Waals surface area contributed by atoms with Crippen molar-refractivity contribution in [2.75, 3.05) is 23.7 Å². The largest absolute Gasteiger partial charge is 0.354 e. The number of benzene rings is 3. The molecule has 3 aromatic carbocycles. The zero-order chi connectivity index (χ0) is 30.2. The number of aryl methyl sites for hydroxylation is 1. The molecule has 0 aliphatic rings. The highest BCUT2D eigenvalue weighted by Crippen LogP contribution is 2.28. The van der Waals surface area contributed by atoms with E-state index in [1.807, 2.05) is 37.3 Å². The lowest BCUT2D eigenvalue weighted by Crippen LogP contribution is -2.53. The van der Waals surface area contributed by atoms with Gasteiger partial charge in [0.05, 0.1) is 22.0 Å². The second-order valence-corrected chi connectivity index (χ2v) is 13.0. The number of halogens is 3. The Morgan fingerprint density at radius 1 is 0.927 bits per heavy atom. The number of amides is 2. The summed E-state index contributed by atoms with van der Waals surface area (Å²) in [5.74, 6) is -0.895. The first-order chi connectivity index (χ1) is 19.4. The van der Waals surface area contributed by atoms with E-state index in [4.69, 9.17) is 34.8 Å². The lowest BCUT2D eigenvalue weighted by molar-refractivity contribution is -0.140. The van der Waals surface area contributed by atoms with Gasteiger partial charge < -0.3 is 10.2 Å². The highest BCUT2D eigenvalue weighted by molar-refractivity contribution is 7.92. The summed E-state index contributed by atoms with van der Waals surface area (Å²) in [4.78, 5) is 29.2. The van der Waals surface area contributed by atoms with Crippen LogP contribution in [0.5, 0.6) is 0 Å². The minimum atomic E-state index is -3.91. The number of nitrogens with one attached hydrogen (secondary N) is 1. The number of unbranched alkanes of at least 4 members (excludes halogenated alkanes) is 1. The Morgan fingerprint density at radius 2 is 1.63 bits per heavy atom. The molecule has 1 atom stereocenters. The molecule has 2 amide bonds. The van der Waals surface area contributed by atoms with Crippen LogP contribution in [0.2, 0.25) is 15.1 Å². The van der Waals surface area contributed by atoms with Crippen molar-refractivity contribution in [1.82, 2.24) is 10.2 Å². The van der Waals surface area contributed by atoms with E-state index >= 15 is 0 Å². The van der Waals surface area contributed by atoms with E-state index in [2.05, 4.69) is 5.32 Å². The Morgan fingerprint density at radius 3 is 2.27 bits per heavy atom. The second-order valence-electron chi connectivity index (χ2n) is 9.82. The summed E-state index contributed by atoms with van der Waals surface area (Å²) in [5, 5.41) is 3.93. The molecule has 0 saturated carbocycles. The molecule has 3 aromatic rings. The van der Waals surface area contributed by atoms with Crippen LogP contribution in [-0.4, -0.2) is 50.5 Å². The van der Waals surface area contributed by atoms with Gasteiger partial charge in [-0.05, 0) is 54.3 Å². The van der Waals surface area contributed by atoms with E-state index in [-0.39, 0.29) is 24.6 Å². The third-order valence-electron chi connectivity index (χ3n) is 6.56. The van der Waals surface area contributed by atoms with Crippen molar-refractivity contribution in [3.63, 3.8) is 0 Å². The summed E-state index contributed by atoms with van der Waals surface area (Å²) in [5.41, 5.74) is 2.40. The first-order valence-electron chi connectivity index (χ1n) is 13.2. The van der Waals surface area contributed by atoms with E-state index < -0.39 is 28.5 Å². The molecule has 3 rings (SSSR count). The molecule has 11 heteroatoms. The van der Waals surface area contributed by atoms with Gasteiger partial charge in [0, 0.05) is 24.5 Å². The molecular weight excluding hydrogens is 605 g/mol. The van der Waals surface area contributed by atoms with Gasteiger partial charge in [-0.15, -0.1) is 0 Å². The summed E-state index contributed by atoms with van der Waals surface area (Å²) < 4.78 is 26.9. The van der Waals surface area contributed by atoms with Crippen molar-refractivity contribution < 1.29 is 18.0 Å². The van der Waals surface area contributed by atoms with Gasteiger partial charge in [-0.1, -0.05) is 90.6 Å². The van der Waals surface area contributed by atoms with Crippen molar-refractivity contribution >= 4 is 62.3 Å². The molecule has 0 spiro atoms. The summed E-state index contributed by atoms with van der Waals surface area (Å²) in [6.45, 7) is 3.68. The number of sulfonamides is 1. The summed E-state index contributed by atoms with van der Waals surface area (Å²) in [7, 11) is -3.91. The van der Waals surface area contributed by atoms with Crippen LogP contribution in [0.4, 0.5) is 5.69 Å². The maximum Gasteiger partial charge on any atom is 0.244 e. The normalized spacial score (nSPS) is 12.0. The molecule has 220 valence electrons. The fraction of sp³-hybridized carbons (Fsp3) is 0.333. The van der Waals surface area contributed by atoms with Gasteiger partial charge in [0.1, 0.15) is 12.6 Å². The predicted molar refractivity (Wildman–Crippen MR) is 167 cm³/mol. The highest BCUT2D eigenvalue weighted by Gasteiger charge is 2.33. The number of nitrogens with zero attached hydrogens (tertiary/aromatic N) is 2. The molecule has 7 nitrogen and oxygen atoms in total. The molecule has 0 aromatic heterocycles. The Labute approximate surface area is 257 Å². The van der Waals surface area contributed by atoms with Gasteiger partial charge in [0.2, 0.25) is 21.8 Å². The third-order valence-corrected chi connectivity index (χ3v) is 8.66. The van der Waals surface area contributed by atoms with E-state index in [0.29, 0.717) is 32.7 Å². The van der Waals surface area contributed by atoms with Crippen LogP contribution in [-0.2, 0) is 32.6 Å². The van der Waals surface area contributed by atoms with Gasteiger partial charge in [0.25, 0.3) is 0 Å². The Balaban J connectivity index is 2.08. The molecule has 0 fully saturated rings. The van der Waals surface area contributed by atoms with E-state index in [1.54, 1.807) is 37.3 Å². The molecule has 0 bridgehead atoms. The fourth-order valence-corrected chi connectivity index (χ4v) is 5.73. The molecular formula is C30H34Cl3N3O4S. The van der Waals surface area contributed by atoms with Gasteiger partial charge >= 0.3 is 0 Å². The minimum Gasteiger partial charge on any atom is -0.354 e. The number of hydrogen-bond acceptors (Lipinski definition) is 4. The van der Waals surface area contributed by atoms with E-state index in [1.165, 1.54) is 11.0 Å². The van der Waals surface area contributed by atoms with Crippen LogP contribution in [0.3, 0.4) is 0 Å². The minimum absolute atomic E-state index is 0.000546. The van der Waals surface area contributed by atoms with Crippen molar-refractivity contribution in [2.45, 2.75) is 45.7 Å². The summed E-state index contributed by atoms with van der Waals surface area (Å²) in [6.07, 6.45) is 2.92. The summed E-state index contributed by atoms with van der Waals surface area (Å²) in [6, 6.07) is 18.2. The molecule has 1 unspecified atom stereocenters. The molecule has 0 radical (unpaired) electrons. The van der Waals surface area contributed by atoms with Gasteiger partial charge in [-0.2, -0.15) is 0 Å². The maximum absolute atomic E-state index is 14.1. The van der Waals surface area contributed by atoms with Crippen LogP contribution in [0.25, 0.3) is 0 Å². The molecule has 0 saturated heterocycles. The fourth-order valence-electron chi connectivity index (χ4n) is 4.34. The predicted octanol–water partition coefficient (Wildman–Crippen LogP) is 6.28. The average molecular weight is 639 g/mol. The molecule has 0 aliphatic carbocycles. The quantitative estimate of drug-likeness (QED) is 0.223. The number of rotatable bonds is 13. The first kappa shape index (κ1) is 32.7. The number of hydrogen-bond donors (Lipinski definition) is 1. The number of anilines is 1. The van der Waals surface area contributed by atoms with Crippen molar-refractivity contribution in [1.29, 1.82) is 0 Å². The first-order valence-corrected chi connectivity index (χ1v) is 16.2. The van der Waals surface area contributed by atoms with Crippen LogP contribution < -0.4 is 9.62 Å². The molecule has 41 heavy (non-hydrogen) atoms. The smallest absolute Gasteiger partial charge is 0.244 e. The molecule has 0 heterocycles. The Kier molecular flexibility index (Phi) is 11.9. The van der Waals surface area contributed by atoms with Crippen LogP contribution >= 0.6 is 34.8 Å². The number of carbonyl (C=O) groups excluding carboxylic acids is 2. The Hall–Kier alpha value is -2.78. The lowest BCUT2D eigenvalue weighted by Gasteiger charge is -2.34. The van der Waals surface area contributed by atoms with Crippen LogP contribution in [0, 0.1) is 6.92 Å². The summed E-state index contributed by atoms with van der Waals surface area (Å²) >= 11 is 18.6. The lowest BCUT2D eigenvalue weighted by atomic mass is 10.0. The highest BCUT2D eigenvalue weighted by atomic mass is 35.5. The second kappa shape index (κ2) is 14.9. The van der Waals surface area contributed by atoms with E-state index in [0.717, 1.165) is 29.0 Å². The average Bonchev–Trinajstić information content (AvgIpc) is 2.92. The van der Waals surface area contributed by atoms with Crippen LogP contribution in [0.15, 0.2) is 66.7 Å². The monoisotopic (exact) mass is 637 g/mol. The Bertz CT molecular complexity index is 1470. The van der Waals surface area contributed by atoms with Gasteiger partial charge in [-0.3, -0.25) is 13.9 Å². The van der Waals surface area contributed by atoms with E-state index in [9.17, 15) is 18.0 Å². The topological polar surface area (TPSA) is 86.8 Å². The SMILES string of the molecule is CCCCNC(=O)C(Cc1ccccc1)N(Cc1ccc(Cl)c(Cl)c1)C(=O)CN(c1cc(Cl)ccc1C)S(C)(=O)=O. The van der Waals surface area contributed by atoms with Crippen LogP contribution in [0.1, 0.15) is 36.5 Å². The van der Waals surface area contributed by atoms with Gasteiger partial charge in [0.15, 0.2) is 0 Å². The maximum atomic E-state index is 14.1. The van der Waals surface area contributed by atoms with Gasteiger partial charge in [-0.25, -0.2) is 8.42 Å². The van der Waals surface area contributed by atoms with Crippen molar-refractivity contribution in [3.8, 4) is 0 Å².